The number of halogens is 2. The van der Waals surface area contributed by atoms with Crippen molar-refractivity contribution in [3.05, 3.63) is 38.8 Å². The van der Waals surface area contributed by atoms with E-state index in [1.54, 1.807) is 12.1 Å². The van der Waals surface area contributed by atoms with Crippen molar-refractivity contribution in [1.29, 1.82) is 0 Å². The summed E-state index contributed by atoms with van der Waals surface area (Å²) in [6.07, 6.45) is 0. The molecule has 1 aromatic heterocycles. The number of thiazole rings is 1. The van der Waals surface area contributed by atoms with Crippen LogP contribution in [0, 0.1) is 0 Å². The van der Waals surface area contributed by atoms with Gasteiger partial charge in [0, 0.05) is 17.5 Å². The molecule has 0 radical (unpaired) electrons. The fraction of sp³-hybridized carbons (Fsp3) is 0.0833. The van der Waals surface area contributed by atoms with E-state index in [1.807, 2.05) is 0 Å². The summed E-state index contributed by atoms with van der Waals surface area (Å²) in [6, 6.07) is 4.80. The lowest BCUT2D eigenvalue weighted by Gasteiger charge is -1.99. The van der Waals surface area contributed by atoms with Crippen LogP contribution in [0.2, 0.25) is 10.0 Å². The molecule has 0 saturated carbocycles. The zero-order valence-electron chi connectivity index (χ0n) is 9.61. The summed E-state index contributed by atoms with van der Waals surface area (Å²) in [5.41, 5.74) is 0.296. The third kappa shape index (κ3) is 2.78. The van der Waals surface area contributed by atoms with Crippen molar-refractivity contribution in [1.82, 2.24) is 4.98 Å². The van der Waals surface area contributed by atoms with Crippen LogP contribution in [0.25, 0.3) is 10.6 Å². The Morgan fingerprint density at radius 3 is 2.47 bits per heavy atom. The zero-order valence-corrected chi connectivity index (χ0v) is 11.9. The Morgan fingerprint density at radius 2 is 2.00 bits per heavy atom. The highest BCUT2D eigenvalue weighted by Crippen LogP contribution is 2.34. The maximum absolute atomic E-state index is 11.4. The highest BCUT2D eigenvalue weighted by molar-refractivity contribution is 7.17. The maximum atomic E-state index is 11.4. The van der Waals surface area contributed by atoms with E-state index in [-0.39, 0.29) is 16.4 Å². The van der Waals surface area contributed by atoms with E-state index in [1.165, 1.54) is 13.0 Å². The van der Waals surface area contributed by atoms with Crippen molar-refractivity contribution in [3.8, 4) is 10.6 Å². The maximum Gasteiger partial charge on any atom is 0.356 e. The van der Waals surface area contributed by atoms with Crippen molar-refractivity contribution in [2.45, 2.75) is 6.92 Å². The topological polar surface area (TPSA) is 67.3 Å². The average molecular weight is 316 g/mol. The average Bonchev–Trinajstić information content (AvgIpc) is 2.73. The summed E-state index contributed by atoms with van der Waals surface area (Å²) < 4.78 is 0. The molecule has 1 heterocycles. The lowest BCUT2D eigenvalue weighted by atomic mass is 10.2. The second-order valence-corrected chi connectivity index (χ2v) is 5.52. The molecule has 0 unspecified atom stereocenters. The minimum Gasteiger partial charge on any atom is -0.476 e. The summed E-state index contributed by atoms with van der Waals surface area (Å²) in [5.74, 6) is -1.58. The molecule has 1 aromatic carbocycles. The van der Waals surface area contributed by atoms with Crippen LogP contribution in [-0.2, 0) is 0 Å². The summed E-state index contributed by atoms with van der Waals surface area (Å²) in [4.78, 5) is 26.5. The number of rotatable bonds is 3. The van der Waals surface area contributed by atoms with Crippen molar-refractivity contribution < 1.29 is 14.7 Å². The van der Waals surface area contributed by atoms with E-state index in [0.29, 0.717) is 20.6 Å². The predicted octanol–water partition coefficient (Wildman–Crippen LogP) is 4.02. The molecule has 2 aromatic rings. The van der Waals surface area contributed by atoms with Gasteiger partial charge in [0.1, 0.15) is 9.88 Å². The van der Waals surface area contributed by atoms with Crippen molar-refractivity contribution >= 4 is 46.3 Å². The molecule has 98 valence electrons. The van der Waals surface area contributed by atoms with E-state index in [0.717, 1.165) is 11.3 Å². The Kier molecular flexibility index (Phi) is 3.89. The largest absolute Gasteiger partial charge is 0.476 e. The number of carbonyl (C=O) groups excluding carboxylic acids is 1. The molecule has 0 atom stereocenters. The molecule has 19 heavy (non-hydrogen) atoms. The van der Waals surface area contributed by atoms with Crippen LogP contribution in [0.3, 0.4) is 0 Å². The molecule has 4 nitrogen and oxygen atoms in total. The van der Waals surface area contributed by atoms with Gasteiger partial charge in [-0.3, -0.25) is 4.79 Å². The van der Waals surface area contributed by atoms with Gasteiger partial charge in [-0.2, -0.15) is 0 Å². The number of carbonyl (C=O) groups is 2. The van der Waals surface area contributed by atoms with Crippen molar-refractivity contribution in [2.75, 3.05) is 0 Å². The number of nitrogens with zero attached hydrogens (tertiary/aromatic N) is 1. The number of aromatic carboxylic acids is 1. The molecule has 0 spiro atoms. The minimum atomic E-state index is -1.24. The minimum absolute atomic E-state index is 0.105. The van der Waals surface area contributed by atoms with Gasteiger partial charge in [-0.15, -0.1) is 11.3 Å². The molecule has 0 fully saturated rings. The van der Waals surface area contributed by atoms with Crippen LogP contribution < -0.4 is 0 Å². The van der Waals surface area contributed by atoms with Crippen LogP contribution in [0.4, 0.5) is 0 Å². The number of ketones is 1. The lowest BCUT2D eigenvalue weighted by Crippen LogP contribution is -2.03. The quantitative estimate of drug-likeness (QED) is 0.869. The van der Waals surface area contributed by atoms with E-state index < -0.39 is 5.97 Å². The SMILES string of the molecule is CC(=O)c1sc(-c2ccc(Cl)cc2Cl)nc1C(=O)O. The van der Waals surface area contributed by atoms with E-state index in [9.17, 15) is 9.59 Å². The lowest BCUT2D eigenvalue weighted by molar-refractivity contribution is 0.0687. The van der Waals surface area contributed by atoms with Crippen LogP contribution in [-0.4, -0.2) is 21.8 Å². The number of benzene rings is 1. The number of carboxylic acid groups (broad SMARTS) is 1. The first-order valence-electron chi connectivity index (χ1n) is 5.10. The smallest absolute Gasteiger partial charge is 0.356 e. The number of aromatic nitrogens is 1. The van der Waals surface area contributed by atoms with Gasteiger partial charge >= 0.3 is 5.97 Å². The zero-order chi connectivity index (χ0) is 14.2. The van der Waals surface area contributed by atoms with Crippen LogP contribution in [0.15, 0.2) is 18.2 Å². The highest BCUT2D eigenvalue weighted by atomic mass is 35.5. The molecule has 0 amide bonds. The molecule has 0 aliphatic heterocycles. The third-order valence-corrected chi connectivity index (χ3v) is 4.05. The normalized spacial score (nSPS) is 10.5. The summed E-state index contributed by atoms with van der Waals surface area (Å²) >= 11 is 12.8. The second kappa shape index (κ2) is 5.28. The summed E-state index contributed by atoms with van der Waals surface area (Å²) in [6.45, 7) is 1.30. The number of hydrogen-bond donors (Lipinski definition) is 1. The first-order valence-corrected chi connectivity index (χ1v) is 6.68. The van der Waals surface area contributed by atoms with Crippen LogP contribution in [0.5, 0.6) is 0 Å². The Hall–Kier alpha value is -1.43. The summed E-state index contributed by atoms with van der Waals surface area (Å²) in [7, 11) is 0. The van der Waals surface area contributed by atoms with Gasteiger partial charge < -0.3 is 5.11 Å². The molecule has 2 rings (SSSR count). The molecule has 0 aliphatic carbocycles. The third-order valence-electron chi connectivity index (χ3n) is 2.31. The number of Topliss-reactive ketones (excluding diaryl/α,β-unsaturated/α-hetero) is 1. The van der Waals surface area contributed by atoms with Crippen LogP contribution >= 0.6 is 34.5 Å². The van der Waals surface area contributed by atoms with Gasteiger partial charge in [-0.1, -0.05) is 23.2 Å². The Bertz CT molecular complexity index is 650. The fourth-order valence-corrected chi connectivity index (χ4v) is 3.03. The molecule has 0 bridgehead atoms. The predicted molar refractivity (Wildman–Crippen MR) is 74.5 cm³/mol. The molecular weight excluding hydrogens is 309 g/mol. The van der Waals surface area contributed by atoms with Crippen molar-refractivity contribution in [3.63, 3.8) is 0 Å². The van der Waals surface area contributed by atoms with Crippen LogP contribution in [0.1, 0.15) is 27.1 Å². The van der Waals surface area contributed by atoms with E-state index in [2.05, 4.69) is 4.98 Å². The number of carboxylic acids is 1. The Morgan fingerprint density at radius 1 is 1.32 bits per heavy atom. The monoisotopic (exact) mass is 315 g/mol. The molecule has 0 aliphatic rings. The summed E-state index contributed by atoms with van der Waals surface area (Å²) in [5, 5.41) is 10.2. The molecular formula is C12H7Cl2NO3S. The second-order valence-electron chi connectivity index (χ2n) is 3.68. The highest BCUT2D eigenvalue weighted by Gasteiger charge is 2.22. The van der Waals surface area contributed by atoms with Gasteiger partial charge in [-0.25, -0.2) is 9.78 Å². The van der Waals surface area contributed by atoms with Gasteiger partial charge in [0.15, 0.2) is 11.5 Å². The fourth-order valence-electron chi connectivity index (χ4n) is 1.48. The van der Waals surface area contributed by atoms with Crippen molar-refractivity contribution in [2.24, 2.45) is 0 Å². The van der Waals surface area contributed by atoms with Gasteiger partial charge in [-0.05, 0) is 18.2 Å². The first kappa shape index (κ1) is 14.0. The first-order chi connectivity index (χ1) is 8.90. The van der Waals surface area contributed by atoms with Gasteiger partial charge in [0.05, 0.1) is 5.02 Å². The van der Waals surface area contributed by atoms with Gasteiger partial charge in [0.2, 0.25) is 0 Å². The Balaban J connectivity index is 2.60. The molecule has 7 heteroatoms. The Labute approximate surface area is 122 Å². The standard InChI is InChI=1S/C12H7Cl2NO3S/c1-5(16)10-9(12(17)18)15-11(19-10)7-3-2-6(13)4-8(7)14/h2-4H,1H3,(H,17,18). The van der Waals surface area contributed by atoms with E-state index in [4.69, 9.17) is 28.3 Å². The molecule has 1 N–H and O–H groups in total. The number of hydrogen-bond acceptors (Lipinski definition) is 4. The van der Waals surface area contributed by atoms with Gasteiger partial charge in [0.25, 0.3) is 0 Å². The molecule has 0 saturated heterocycles. The van der Waals surface area contributed by atoms with E-state index >= 15 is 0 Å².